The van der Waals surface area contributed by atoms with Crippen molar-refractivity contribution in [2.75, 3.05) is 0 Å². The number of hydrogen-bond donors (Lipinski definition) is 2. The largest absolute Gasteiger partial charge is 0.392 e. The smallest absolute Gasteiger partial charge is 0.240 e. The van der Waals surface area contributed by atoms with Crippen LogP contribution in [0.25, 0.3) is 0 Å². The Hall–Kier alpha value is -1.21. The highest BCUT2D eigenvalue weighted by atomic mass is 32.2. The van der Waals surface area contributed by atoms with Gasteiger partial charge in [-0.3, -0.25) is 0 Å². The number of sulfonamides is 1. The number of thiophene rings is 1. The van der Waals surface area contributed by atoms with Gasteiger partial charge in [-0.25, -0.2) is 13.1 Å². The number of aliphatic hydroxyl groups is 1. The molecule has 0 aliphatic heterocycles. The predicted octanol–water partition coefficient (Wildman–Crippen LogP) is 2.03. The molecule has 0 spiro atoms. The summed E-state index contributed by atoms with van der Waals surface area (Å²) in [6.45, 7) is 2.06. The van der Waals surface area contributed by atoms with Crippen molar-refractivity contribution in [1.82, 2.24) is 4.72 Å². The SMILES string of the molecule is Cc1cscc1CNS(=O)(=O)c1cccc(CO)c1. The fourth-order valence-corrected chi connectivity index (χ4v) is 3.57. The molecule has 0 bridgehead atoms. The van der Waals surface area contributed by atoms with Crippen molar-refractivity contribution in [2.24, 2.45) is 0 Å². The second kappa shape index (κ2) is 5.83. The van der Waals surface area contributed by atoms with E-state index >= 15 is 0 Å². The first-order valence-electron chi connectivity index (χ1n) is 5.74. The van der Waals surface area contributed by atoms with Crippen LogP contribution in [0.3, 0.4) is 0 Å². The van der Waals surface area contributed by atoms with E-state index in [1.54, 1.807) is 23.5 Å². The Kier molecular flexibility index (Phi) is 4.36. The van der Waals surface area contributed by atoms with E-state index in [1.165, 1.54) is 12.1 Å². The van der Waals surface area contributed by atoms with Crippen molar-refractivity contribution in [3.8, 4) is 0 Å². The fourth-order valence-electron chi connectivity index (χ4n) is 1.64. The van der Waals surface area contributed by atoms with Crippen molar-refractivity contribution in [1.29, 1.82) is 0 Å². The van der Waals surface area contributed by atoms with Gasteiger partial charge < -0.3 is 5.11 Å². The van der Waals surface area contributed by atoms with Crippen molar-refractivity contribution >= 4 is 21.4 Å². The van der Waals surface area contributed by atoms with E-state index in [4.69, 9.17) is 5.11 Å². The molecule has 0 aliphatic rings. The quantitative estimate of drug-likeness (QED) is 0.887. The molecule has 2 N–H and O–H groups in total. The molecule has 102 valence electrons. The summed E-state index contributed by atoms with van der Waals surface area (Å²) in [7, 11) is -3.54. The summed E-state index contributed by atoms with van der Waals surface area (Å²) in [5.41, 5.74) is 2.64. The molecule has 2 rings (SSSR count). The third-order valence-corrected chi connectivity index (χ3v) is 5.11. The molecule has 1 aromatic carbocycles. The summed E-state index contributed by atoms with van der Waals surface area (Å²) >= 11 is 1.55. The van der Waals surface area contributed by atoms with Crippen LogP contribution in [0, 0.1) is 6.92 Å². The number of rotatable bonds is 5. The van der Waals surface area contributed by atoms with Gasteiger partial charge in [0.25, 0.3) is 0 Å². The summed E-state index contributed by atoms with van der Waals surface area (Å²) in [5.74, 6) is 0. The first-order chi connectivity index (χ1) is 9.03. The second-order valence-electron chi connectivity index (χ2n) is 4.21. The van der Waals surface area contributed by atoms with Gasteiger partial charge in [0.2, 0.25) is 10.0 Å². The average molecular weight is 297 g/mol. The third-order valence-electron chi connectivity index (χ3n) is 2.81. The van der Waals surface area contributed by atoms with Gasteiger partial charge in [0.15, 0.2) is 0 Å². The highest BCUT2D eigenvalue weighted by molar-refractivity contribution is 7.89. The molecule has 2 aromatic rings. The van der Waals surface area contributed by atoms with Gasteiger partial charge in [-0.1, -0.05) is 12.1 Å². The molecule has 0 saturated carbocycles. The van der Waals surface area contributed by atoms with Gasteiger partial charge in [0.1, 0.15) is 0 Å². The maximum absolute atomic E-state index is 12.1. The van der Waals surface area contributed by atoms with Crippen molar-refractivity contribution in [3.63, 3.8) is 0 Å². The van der Waals surface area contributed by atoms with Crippen LogP contribution >= 0.6 is 11.3 Å². The topological polar surface area (TPSA) is 66.4 Å². The minimum atomic E-state index is -3.54. The van der Waals surface area contributed by atoms with Crippen LogP contribution in [0.5, 0.6) is 0 Å². The zero-order chi connectivity index (χ0) is 13.9. The Morgan fingerprint density at radius 3 is 2.74 bits per heavy atom. The highest BCUT2D eigenvalue weighted by Crippen LogP contribution is 2.16. The van der Waals surface area contributed by atoms with Crippen LogP contribution in [0.1, 0.15) is 16.7 Å². The molecule has 0 atom stereocenters. The lowest BCUT2D eigenvalue weighted by Gasteiger charge is -2.07. The second-order valence-corrected chi connectivity index (χ2v) is 6.72. The predicted molar refractivity (Wildman–Crippen MR) is 75.4 cm³/mol. The summed E-state index contributed by atoms with van der Waals surface area (Å²) in [6.07, 6.45) is 0. The van der Waals surface area contributed by atoms with Crippen LogP contribution in [-0.2, 0) is 23.2 Å². The Balaban J connectivity index is 2.16. The molecule has 1 aromatic heterocycles. The van der Waals surface area contributed by atoms with Gasteiger partial charge in [0, 0.05) is 6.54 Å². The number of benzene rings is 1. The highest BCUT2D eigenvalue weighted by Gasteiger charge is 2.14. The summed E-state index contributed by atoms with van der Waals surface area (Å²) in [4.78, 5) is 0.173. The molecule has 0 saturated heterocycles. The van der Waals surface area contributed by atoms with Crippen molar-refractivity contribution in [3.05, 3.63) is 51.7 Å². The van der Waals surface area contributed by atoms with Crippen molar-refractivity contribution in [2.45, 2.75) is 25.0 Å². The fraction of sp³-hybridized carbons (Fsp3) is 0.231. The zero-order valence-corrected chi connectivity index (χ0v) is 12.1. The van der Waals surface area contributed by atoms with Crippen LogP contribution in [0.4, 0.5) is 0 Å². The first kappa shape index (κ1) is 14.2. The lowest BCUT2D eigenvalue weighted by molar-refractivity contribution is 0.281. The molecule has 0 unspecified atom stereocenters. The number of aryl methyl sites for hydroxylation is 1. The molecule has 4 nitrogen and oxygen atoms in total. The monoisotopic (exact) mass is 297 g/mol. The van der Waals surface area contributed by atoms with Gasteiger partial charge in [-0.2, -0.15) is 11.3 Å². The number of hydrogen-bond acceptors (Lipinski definition) is 4. The van der Waals surface area contributed by atoms with E-state index in [1.807, 2.05) is 17.7 Å². The Bertz CT molecular complexity index is 662. The van der Waals surface area contributed by atoms with E-state index in [2.05, 4.69) is 4.72 Å². The summed E-state index contributed by atoms with van der Waals surface area (Å²) in [6, 6.07) is 6.29. The van der Waals surface area contributed by atoms with E-state index in [0.29, 0.717) is 5.56 Å². The lowest BCUT2D eigenvalue weighted by atomic mass is 10.2. The molecule has 6 heteroatoms. The van der Waals surface area contributed by atoms with Crippen LogP contribution in [0.15, 0.2) is 39.9 Å². The molecular formula is C13H15NO3S2. The Morgan fingerprint density at radius 1 is 1.32 bits per heavy atom. The summed E-state index contributed by atoms with van der Waals surface area (Å²) < 4.78 is 26.8. The molecule has 0 amide bonds. The van der Waals surface area contributed by atoms with Gasteiger partial charge in [-0.15, -0.1) is 0 Å². The van der Waals surface area contributed by atoms with Crippen molar-refractivity contribution < 1.29 is 13.5 Å². The molecule has 0 aliphatic carbocycles. The standard InChI is InChI=1S/C13H15NO3S2/c1-10-8-18-9-12(10)6-14-19(16,17)13-4-2-3-11(5-13)7-15/h2-5,8-9,14-15H,6-7H2,1H3. The lowest BCUT2D eigenvalue weighted by Crippen LogP contribution is -2.23. The minimum absolute atomic E-state index is 0.173. The Labute approximate surface area is 116 Å². The van der Waals surface area contributed by atoms with Gasteiger partial charge in [0.05, 0.1) is 11.5 Å². The summed E-state index contributed by atoms with van der Waals surface area (Å²) in [5, 5.41) is 12.9. The third kappa shape index (κ3) is 3.42. The molecule has 0 radical (unpaired) electrons. The van der Waals surface area contributed by atoms with E-state index in [0.717, 1.165) is 11.1 Å². The first-order valence-corrected chi connectivity index (χ1v) is 8.16. The average Bonchev–Trinajstić information content (AvgIpc) is 2.82. The number of aliphatic hydroxyl groups excluding tert-OH is 1. The molecule has 19 heavy (non-hydrogen) atoms. The van der Waals surface area contributed by atoms with Crippen LogP contribution in [0.2, 0.25) is 0 Å². The normalized spacial score (nSPS) is 11.7. The minimum Gasteiger partial charge on any atom is -0.392 e. The molecular weight excluding hydrogens is 282 g/mol. The van der Waals surface area contributed by atoms with Crippen LogP contribution in [-0.4, -0.2) is 13.5 Å². The Morgan fingerprint density at radius 2 is 2.11 bits per heavy atom. The molecule has 1 heterocycles. The van der Waals surface area contributed by atoms with E-state index < -0.39 is 10.0 Å². The number of nitrogens with one attached hydrogen (secondary N) is 1. The van der Waals surface area contributed by atoms with E-state index in [-0.39, 0.29) is 18.0 Å². The van der Waals surface area contributed by atoms with Gasteiger partial charge in [-0.05, 0) is 46.5 Å². The molecule has 0 fully saturated rings. The maximum atomic E-state index is 12.1. The maximum Gasteiger partial charge on any atom is 0.240 e. The van der Waals surface area contributed by atoms with E-state index in [9.17, 15) is 8.42 Å². The zero-order valence-electron chi connectivity index (χ0n) is 10.5. The van der Waals surface area contributed by atoms with Crippen LogP contribution < -0.4 is 4.72 Å². The van der Waals surface area contributed by atoms with Gasteiger partial charge >= 0.3 is 0 Å².